The lowest BCUT2D eigenvalue weighted by molar-refractivity contribution is 0.568. The minimum absolute atomic E-state index is 0.133. The molecule has 1 aliphatic carbocycles. The third-order valence-electron chi connectivity index (χ3n) is 3.41. The summed E-state index contributed by atoms with van der Waals surface area (Å²) in [7, 11) is -3.03. The first kappa shape index (κ1) is 12.3. The molecule has 1 heterocycles. The molecule has 1 saturated carbocycles. The van der Waals surface area contributed by atoms with Gasteiger partial charge in [-0.25, -0.2) is 18.4 Å². The topological polar surface area (TPSA) is 72.0 Å². The van der Waals surface area contributed by atoms with Crippen molar-refractivity contribution in [2.45, 2.75) is 37.5 Å². The van der Waals surface area contributed by atoms with Gasteiger partial charge in [-0.15, -0.1) is 0 Å². The predicted octanol–water partition coefficient (Wildman–Crippen LogP) is 1.16. The van der Waals surface area contributed by atoms with Crippen molar-refractivity contribution in [2.75, 3.05) is 11.6 Å². The smallest absolute Gasteiger partial charge is 0.155 e. The van der Waals surface area contributed by atoms with Gasteiger partial charge >= 0.3 is 0 Å². The molecule has 1 unspecified atom stereocenters. The Morgan fingerprint density at radius 2 is 2.12 bits per heavy atom. The Kier molecular flexibility index (Phi) is 2.85. The number of rotatable bonds is 4. The molecule has 0 radical (unpaired) electrons. The van der Waals surface area contributed by atoms with E-state index >= 15 is 0 Å². The van der Waals surface area contributed by atoms with Crippen molar-refractivity contribution >= 4 is 15.7 Å². The van der Waals surface area contributed by atoms with Crippen molar-refractivity contribution in [3.8, 4) is 0 Å². The molecule has 1 fully saturated rings. The van der Waals surface area contributed by atoms with Crippen molar-refractivity contribution in [3.05, 3.63) is 18.1 Å². The Labute approximate surface area is 102 Å². The number of hydrogen-bond acceptors (Lipinski definition) is 5. The van der Waals surface area contributed by atoms with Gasteiger partial charge in [0.1, 0.15) is 11.6 Å². The third-order valence-corrected chi connectivity index (χ3v) is 5.65. The second-order valence-corrected chi connectivity index (χ2v) is 7.05. The van der Waals surface area contributed by atoms with Gasteiger partial charge in [0.05, 0.1) is 4.75 Å². The summed E-state index contributed by atoms with van der Waals surface area (Å²) in [5, 5.41) is 3.16. The Hall–Kier alpha value is -1.17. The van der Waals surface area contributed by atoms with Crippen LogP contribution >= 0.6 is 0 Å². The number of hydrogen-bond donors (Lipinski definition) is 1. The van der Waals surface area contributed by atoms with Crippen LogP contribution in [0.3, 0.4) is 0 Å². The van der Waals surface area contributed by atoms with Crippen LogP contribution < -0.4 is 5.32 Å². The Morgan fingerprint density at radius 1 is 1.47 bits per heavy atom. The summed E-state index contributed by atoms with van der Waals surface area (Å²) in [6.45, 7) is 3.70. The van der Waals surface area contributed by atoms with Crippen LogP contribution in [0.5, 0.6) is 0 Å². The summed E-state index contributed by atoms with van der Waals surface area (Å²) >= 11 is 0. The zero-order chi connectivity index (χ0) is 12.7. The average Bonchev–Trinajstić information content (AvgIpc) is 2.96. The predicted molar refractivity (Wildman–Crippen MR) is 66.7 cm³/mol. The molecule has 0 aromatic carbocycles. The summed E-state index contributed by atoms with van der Waals surface area (Å²) < 4.78 is 22.9. The Balaban J connectivity index is 2.16. The standard InChI is InChI=1S/C11H17N3O2S/c1-8(11(5-6-11)17(3,15)16)13-10-4-7-12-9(2)14-10/h4,7-8H,5-6H2,1-3H3,(H,12,13,14). The fourth-order valence-corrected chi connectivity index (χ4v) is 3.68. The Bertz CT molecular complexity index is 523. The zero-order valence-corrected chi connectivity index (χ0v) is 11.1. The minimum atomic E-state index is -3.03. The van der Waals surface area contributed by atoms with E-state index in [9.17, 15) is 8.42 Å². The quantitative estimate of drug-likeness (QED) is 0.874. The van der Waals surface area contributed by atoms with Crippen LogP contribution in [-0.2, 0) is 9.84 Å². The minimum Gasteiger partial charge on any atom is -0.366 e. The van der Waals surface area contributed by atoms with Crippen molar-refractivity contribution in [1.82, 2.24) is 9.97 Å². The van der Waals surface area contributed by atoms with Gasteiger partial charge in [-0.1, -0.05) is 0 Å². The second-order valence-electron chi connectivity index (χ2n) is 4.69. The largest absolute Gasteiger partial charge is 0.366 e. The van der Waals surface area contributed by atoms with Gasteiger partial charge in [0.25, 0.3) is 0 Å². The van der Waals surface area contributed by atoms with Gasteiger partial charge < -0.3 is 5.32 Å². The van der Waals surface area contributed by atoms with Crippen molar-refractivity contribution < 1.29 is 8.42 Å². The number of nitrogens with one attached hydrogen (secondary N) is 1. The molecule has 1 aromatic rings. The van der Waals surface area contributed by atoms with E-state index in [4.69, 9.17) is 0 Å². The molecule has 1 aromatic heterocycles. The molecule has 0 spiro atoms. The van der Waals surface area contributed by atoms with Gasteiger partial charge in [-0.3, -0.25) is 0 Å². The lowest BCUT2D eigenvalue weighted by Gasteiger charge is -2.23. The van der Waals surface area contributed by atoms with Crippen LogP contribution in [0.25, 0.3) is 0 Å². The molecule has 0 saturated heterocycles. The lowest BCUT2D eigenvalue weighted by atomic mass is 10.2. The van der Waals surface area contributed by atoms with E-state index in [1.807, 2.05) is 6.92 Å². The molecule has 1 aliphatic rings. The molecular weight excluding hydrogens is 238 g/mol. The zero-order valence-electron chi connectivity index (χ0n) is 10.3. The molecule has 5 nitrogen and oxygen atoms in total. The summed E-state index contributed by atoms with van der Waals surface area (Å²) in [5.74, 6) is 1.35. The SMILES string of the molecule is Cc1nccc(NC(C)C2(S(C)(=O)=O)CC2)n1. The van der Waals surface area contributed by atoms with Crippen LogP contribution in [0, 0.1) is 6.92 Å². The van der Waals surface area contributed by atoms with Crippen LogP contribution in [0.4, 0.5) is 5.82 Å². The maximum absolute atomic E-state index is 11.7. The first-order valence-electron chi connectivity index (χ1n) is 5.61. The fourth-order valence-electron chi connectivity index (χ4n) is 2.14. The molecule has 17 heavy (non-hydrogen) atoms. The van der Waals surface area contributed by atoms with E-state index in [1.54, 1.807) is 19.2 Å². The summed E-state index contributed by atoms with van der Waals surface area (Å²) in [5.41, 5.74) is 0. The van der Waals surface area contributed by atoms with E-state index in [0.29, 0.717) is 11.6 Å². The molecular formula is C11H17N3O2S. The van der Waals surface area contributed by atoms with Crippen LogP contribution in [-0.4, -0.2) is 35.4 Å². The van der Waals surface area contributed by atoms with Gasteiger partial charge in [0.15, 0.2) is 9.84 Å². The van der Waals surface area contributed by atoms with E-state index in [1.165, 1.54) is 6.26 Å². The second kappa shape index (κ2) is 3.94. The van der Waals surface area contributed by atoms with Gasteiger partial charge in [0, 0.05) is 18.5 Å². The van der Waals surface area contributed by atoms with Crippen LogP contribution in [0.1, 0.15) is 25.6 Å². The van der Waals surface area contributed by atoms with Crippen molar-refractivity contribution in [1.29, 1.82) is 0 Å². The van der Waals surface area contributed by atoms with Gasteiger partial charge in [-0.05, 0) is 32.8 Å². The molecule has 2 rings (SSSR count). The van der Waals surface area contributed by atoms with Crippen LogP contribution in [0.2, 0.25) is 0 Å². The first-order valence-corrected chi connectivity index (χ1v) is 7.50. The summed E-state index contributed by atoms with van der Waals surface area (Å²) in [6, 6.07) is 1.62. The summed E-state index contributed by atoms with van der Waals surface area (Å²) in [4.78, 5) is 8.22. The van der Waals surface area contributed by atoms with E-state index < -0.39 is 14.6 Å². The van der Waals surface area contributed by atoms with Gasteiger partial charge in [0.2, 0.25) is 0 Å². The highest BCUT2D eigenvalue weighted by Crippen LogP contribution is 2.46. The molecule has 0 bridgehead atoms. The highest BCUT2D eigenvalue weighted by molar-refractivity contribution is 7.92. The monoisotopic (exact) mass is 255 g/mol. The van der Waals surface area contributed by atoms with Crippen molar-refractivity contribution in [2.24, 2.45) is 0 Å². The maximum Gasteiger partial charge on any atom is 0.155 e. The number of nitrogens with zero attached hydrogens (tertiary/aromatic N) is 2. The molecule has 94 valence electrons. The molecule has 0 aliphatic heterocycles. The number of anilines is 1. The Morgan fingerprint density at radius 3 is 2.59 bits per heavy atom. The van der Waals surface area contributed by atoms with Crippen LogP contribution in [0.15, 0.2) is 12.3 Å². The lowest BCUT2D eigenvalue weighted by Crippen LogP contribution is -2.39. The van der Waals surface area contributed by atoms with E-state index in [0.717, 1.165) is 12.8 Å². The van der Waals surface area contributed by atoms with E-state index in [-0.39, 0.29) is 6.04 Å². The highest BCUT2D eigenvalue weighted by Gasteiger charge is 2.56. The third kappa shape index (κ3) is 2.26. The molecule has 0 amide bonds. The highest BCUT2D eigenvalue weighted by atomic mass is 32.2. The number of aryl methyl sites for hydroxylation is 1. The van der Waals surface area contributed by atoms with Gasteiger partial charge in [-0.2, -0.15) is 0 Å². The normalized spacial score (nSPS) is 19.7. The number of aromatic nitrogens is 2. The maximum atomic E-state index is 11.7. The molecule has 1 atom stereocenters. The average molecular weight is 255 g/mol. The van der Waals surface area contributed by atoms with Crippen molar-refractivity contribution in [3.63, 3.8) is 0 Å². The fraction of sp³-hybridized carbons (Fsp3) is 0.636. The first-order chi connectivity index (χ1) is 7.85. The van der Waals surface area contributed by atoms with E-state index in [2.05, 4.69) is 15.3 Å². The molecule has 6 heteroatoms. The molecule has 1 N–H and O–H groups in total. The number of sulfone groups is 1. The summed E-state index contributed by atoms with van der Waals surface area (Å²) in [6.07, 6.45) is 4.43.